The number of rotatable bonds is 10. The third-order valence-electron chi connectivity index (χ3n) is 11.0. The molecule has 1 saturated heterocycles. The monoisotopic (exact) mass is 884 g/mol. The highest BCUT2D eigenvalue weighted by molar-refractivity contribution is 14.2. The second-order valence-corrected chi connectivity index (χ2v) is 17.2. The lowest BCUT2D eigenvalue weighted by Gasteiger charge is -2.25. The normalized spacial score (nSPS) is 15.9. The van der Waals surface area contributed by atoms with Crippen LogP contribution in [0, 0.1) is 12.8 Å². The van der Waals surface area contributed by atoms with Gasteiger partial charge >= 0.3 is 5.69 Å². The van der Waals surface area contributed by atoms with Crippen molar-refractivity contribution in [2.45, 2.75) is 58.6 Å². The van der Waals surface area contributed by atoms with E-state index < -0.39 is 11.7 Å². The Bertz CT molecular complexity index is 2810. The molecule has 9 rings (SSSR count). The van der Waals surface area contributed by atoms with Gasteiger partial charge in [0, 0.05) is 58.5 Å². The molecular formula is C41H42IN8O5P. The molecule has 2 atom stereocenters. The van der Waals surface area contributed by atoms with Crippen LogP contribution in [0.15, 0.2) is 70.7 Å². The average molecular weight is 885 g/mol. The first kappa shape index (κ1) is 36.8. The van der Waals surface area contributed by atoms with Gasteiger partial charge in [0.15, 0.2) is 11.3 Å². The first-order valence-corrected chi connectivity index (χ1v) is 23.0. The van der Waals surface area contributed by atoms with Crippen LogP contribution in [-0.4, -0.2) is 65.7 Å². The Kier molecular flexibility index (Phi) is 9.61. The fraction of sp³-hybridized carbons (Fsp3) is 0.341. The second-order valence-electron chi connectivity index (χ2n) is 15.2. The minimum absolute atomic E-state index is 0.00841. The van der Waals surface area contributed by atoms with Gasteiger partial charge in [0.1, 0.15) is 24.2 Å². The lowest BCUT2D eigenvalue weighted by molar-refractivity contribution is 0.152. The number of allylic oxidation sites excluding steroid dienone is 1. The van der Waals surface area contributed by atoms with E-state index in [2.05, 4.69) is 78.7 Å². The van der Waals surface area contributed by atoms with Crippen LogP contribution in [0.25, 0.3) is 54.7 Å². The predicted molar refractivity (Wildman–Crippen MR) is 231 cm³/mol. The van der Waals surface area contributed by atoms with Gasteiger partial charge in [0.25, 0.3) is 5.56 Å². The predicted octanol–water partition coefficient (Wildman–Crippen LogP) is 8.18. The quantitative estimate of drug-likeness (QED) is 0.0701. The van der Waals surface area contributed by atoms with E-state index in [1.165, 1.54) is 5.56 Å². The highest BCUT2D eigenvalue weighted by Gasteiger charge is 2.33. The van der Waals surface area contributed by atoms with Crippen LogP contribution in [0.2, 0.25) is 0 Å². The van der Waals surface area contributed by atoms with Crippen LogP contribution >= 0.6 is 28.4 Å². The van der Waals surface area contributed by atoms with Gasteiger partial charge < -0.3 is 29.4 Å². The average Bonchev–Trinajstić information content (AvgIpc) is 3.87. The minimum atomic E-state index is -0.472. The molecule has 0 spiro atoms. The first-order chi connectivity index (χ1) is 27.1. The Labute approximate surface area is 336 Å². The number of aliphatic hydroxyl groups is 1. The number of aliphatic hydroxyl groups excluding tert-OH is 1. The summed E-state index contributed by atoms with van der Waals surface area (Å²) < 4.78 is 16.4. The molecule has 56 heavy (non-hydrogen) atoms. The largest absolute Gasteiger partial charge is 0.511 e. The van der Waals surface area contributed by atoms with Gasteiger partial charge in [-0.2, -0.15) is 15.2 Å². The number of nitrogens with zero attached hydrogens (tertiary/aromatic N) is 6. The number of pyridine rings is 1. The van der Waals surface area contributed by atoms with Crippen molar-refractivity contribution in [1.29, 1.82) is 0 Å². The molecule has 2 unspecified atom stereocenters. The SMILES string of the molecule is C=C(O)C(C(C)C)n1cc2c(n1)c(=O)[nH]c1cc(COc3c(-c4c(C)ccc5c4cnn5PI)c(C4CC4)cc4c(N5CCCOCC5)nc(=O)[nH]c34)ccc12. The fourth-order valence-corrected chi connectivity index (χ4v) is 9.84. The lowest BCUT2D eigenvalue weighted by Crippen LogP contribution is -2.29. The number of hydrogen-bond acceptors (Lipinski definition) is 9. The van der Waals surface area contributed by atoms with Crippen LogP contribution in [0.4, 0.5) is 5.82 Å². The third-order valence-corrected chi connectivity index (χ3v) is 12.9. The maximum atomic E-state index is 13.5. The molecule has 2 aliphatic rings. The maximum absolute atomic E-state index is 13.5. The van der Waals surface area contributed by atoms with Crippen molar-refractivity contribution >= 4 is 77.8 Å². The van der Waals surface area contributed by atoms with E-state index in [0.29, 0.717) is 65.6 Å². The molecule has 2 fully saturated rings. The first-order valence-electron chi connectivity index (χ1n) is 18.9. The summed E-state index contributed by atoms with van der Waals surface area (Å²) in [6.07, 6.45) is 7.12. The van der Waals surface area contributed by atoms with Crippen molar-refractivity contribution in [2.75, 3.05) is 31.2 Å². The number of ether oxygens (including phenoxy) is 2. The Balaban J connectivity index is 1.22. The van der Waals surface area contributed by atoms with Gasteiger partial charge in [-0.25, -0.2) is 9.25 Å². The van der Waals surface area contributed by atoms with Crippen molar-refractivity contribution < 1.29 is 14.6 Å². The van der Waals surface area contributed by atoms with Crippen LogP contribution in [0.5, 0.6) is 5.75 Å². The number of halogens is 1. The molecular weight excluding hydrogens is 842 g/mol. The Morgan fingerprint density at radius 3 is 2.68 bits per heavy atom. The number of aryl methyl sites for hydroxylation is 1. The van der Waals surface area contributed by atoms with Gasteiger partial charge in [-0.1, -0.05) is 38.6 Å². The number of hydrogen-bond donors (Lipinski definition) is 3. The highest BCUT2D eigenvalue weighted by Crippen LogP contribution is 2.53. The van der Waals surface area contributed by atoms with E-state index in [-0.39, 0.29) is 23.8 Å². The minimum Gasteiger partial charge on any atom is -0.511 e. The highest BCUT2D eigenvalue weighted by atomic mass is 127. The van der Waals surface area contributed by atoms with E-state index in [4.69, 9.17) is 14.6 Å². The fourth-order valence-electron chi connectivity index (χ4n) is 8.30. The zero-order valence-electron chi connectivity index (χ0n) is 31.4. The summed E-state index contributed by atoms with van der Waals surface area (Å²) in [5, 5.41) is 23.0. The molecule has 1 saturated carbocycles. The smallest absolute Gasteiger partial charge is 0.347 e. The molecule has 5 heterocycles. The van der Waals surface area contributed by atoms with Crippen molar-refractivity contribution in [1.82, 2.24) is 34.3 Å². The van der Waals surface area contributed by atoms with E-state index in [1.807, 2.05) is 42.7 Å². The molecule has 288 valence electrons. The second kappa shape index (κ2) is 14.6. The topological polar surface area (TPSA) is 156 Å². The number of anilines is 1. The molecule has 1 aliphatic carbocycles. The van der Waals surface area contributed by atoms with Gasteiger partial charge in [-0.3, -0.25) is 9.48 Å². The maximum Gasteiger partial charge on any atom is 0.347 e. The molecule has 0 radical (unpaired) electrons. The molecule has 3 aromatic carbocycles. The molecule has 15 heteroatoms. The van der Waals surface area contributed by atoms with Crippen LogP contribution in [0.1, 0.15) is 61.8 Å². The Hall–Kier alpha value is -4.79. The van der Waals surface area contributed by atoms with Crippen LogP contribution in [-0.2, 0) is 11.3 Å². The standard InChI is InChI=1S/C41H42IN8O5P/c1-21(2)37(23(4)51)49-19-30-26-10-7-24(16-31(26)44-40(52)36(30)47-49)20-55-38-34(33-22(3)6-11-32-29(33)18-43-50(32)56-42)27(25-8-9-25)17-28-35(38)45-41(53)46-39(28)48-12-5-14-54-15-13-48/h6-7,10-11,16-19,21,25,37,51,56H,4-5,8-9,12-15,20H2,1-3H3,(H,44,52)(H,45,46,53). The molecule has 4 aromatic heterocycles. The van der Waals surface area contributed by atoms with Gasteiger partial charge in [-0.15, -0.1) is 0 Å². The van der Waals surface area contributed by atoms with Crippen LogP contribution in [0.3, 0.4) is 0 Å². The molecule has 0 amide bonds. The summed E-state index contributed by atoms with van der Waals surface area (Å²) >= 11 is 2.35. The van der Waals surface area contributed by atoms with Crippen molar-refractivity contribution in [2.24, 2.45) is 5.92 Å². The molecule has 1 aliphatic heterocycles. The van der Waals surface area contributed by atoms with Gasteiger partial charge in [0.2, 0.25) is 0 Å². The van der Waals surface area contributed by atoms with Gasteiger partial charge in [-0.05, 0) is 101 Å². The summed E-state index contributed by atoms with van der Waals surface area (Å²) in [5.41, 5.74) is 6.87. The molecule has 3 N–H and O–H groups in total. The van der Waals surface area contributed by atoms with E-state index in [0.717, 1.165) is 69.7 Å². The van der Waals surface area contributed by atoms with Crippen molar-refractivity contribution in [3.63, 3.8) is 0 Å². The third kappa shape index (κ3) is 6.45. The summed E-state index contributed by atoms with van der Waals surface area (Å²) in [6.45, 7) is 12.5. The zero-order valence-corrected chi connectivity index (χ0v) is 34.5. The summed E-state index contributed by atoms with van der Waals surface area (Å²) in [5.74, 6) is 1.55. The number of fused-ring (bicyclic) bond motifs is 5. The Morgan fingerprint density at radius 1 is 1.07 bits per heavy atom. The molecule has 13 nitrogen and oxygen atoms in total. The van der Waals surface area contributed by atoms with Crippen LogP contribution < -0.4 is 20.9 Å². The molecule has 7 aromatic rings. The zero-order chi connectivity index (χ0) is 38.8. The number of nitrogens with one attached hydrogen (secondary N) is 2. The number of aromatic nitrogens is 7. The van der Waals surface area contributed by atoms with E-state index in [1.54, 1.807) is 10.9 Å². The summed E-state index contributed by atoms with van der Waals surface area (Å²) in [4.78, 5) is 39.7. The van der Waals surface area contributed by atoms with E-state index in [9.17, 15) is 14.7 Å². The molecule has 0 bridgehead atoms. The summed E-state index contributed by atoms with van der Waals surface area (Å²) in [6, 6.07) is 11.9. The lowest BCUT2D eigenvalue weighted by atomic mass is 9.89. The number of benzene rings is 3. The number of aromatic amines is 2. The van der Waals surface area contributed by atoms with Crippen molar-refractivity contribution in [3.05, 3.63) is 98.7 Å². The number of H-pyrrole nitrogens is 2. The van der Waals surface area contributed by atoms with Crippen molar-refractivity contribution in [3.8, 4) is 16.9 Å². The Morgan fingerprint density at radius 2 is 1.91 bits per heavy atom. The summed E-state index contributed by atoms with van der Waals surface area (Å²) in [7, 11) is 0. The van der Waals surface area contributed by atoms with E-state index >= 15 is 0 Å². The van der Waals surface area contributed by atoms with Gasteiger partial charge in [0.05, 0.1) is 30.2 Å².